The van der Waals surface area contributed by atoms with Crippen molar-refractivity contribution in [2.45, 2.75) is 19.3 Å². The Morgan fingerprint density at radius 2 is 1.87 bits per heavy atom. The molecule has 0 spiro atoms. The van der Waals surface area contributed by atoms with E-state index in [1.54, 1.807) is 0 Å². The molecule has 0 radical (unpaired) electrons. The zero-order valence-corrected chi connectivity index (χ0v) is 9.43. The fourth-order valence-corrected chi connectivity index (χ4v) is 1.62. The molecule has 3 nitrogen and oxygen atoms in total. The fourth-order valence-electron chi connectivity index (χ4n) is 1.62. The molecular formula is C12H17NO2. The van der Waals surface area contributed by atoms with Crippen LogP contribution >= 0.6 is 0 Å². The SMILES string of the molecule is CC1COC(c2ccc(N(C)C)cc2)O1. The second-order valence-corrected chi connectivity index (χ2v) is 4.10. The monoisotopic (exact) mass is 207 g/mol. The molecule has 1 aromatic rings. The largest absolute Gasteiger partial charge is 0.378 e. The minimum absolute atomic E-state index is 0.184. The van der Waals surface area contributed by atoms with Gasteiger partial charge in [-0.05, 0) is 19.1 Å². The molecule has 3 heteroatoms. The Balaban J connectivity index is 2.10. The quantitative estimate of drug-likeness (QED) is 0.742. The number of ether oxygens (including phenoxy) is 2. The summed E-state index contributed by atoms with van der Waals surface area (Å²) in [5.74, 6) is 0. The highest BCUT2D eigenvalue weighted by molar-refractivity contribution is 5.46. The molecule has 1 fully saturated rings. The lowest BCUT2D eigenvalue weighted by molar-refractivity contribution is -0.0571. The molecule has 2 atom stereocenters. The van der Waals surface area contributed by atoms with Gasteiger partial charge in [0.1, 0.15) is 0 Å². The maximum Gasteiger partial charge on any atom is 0.184 e. The lowest BCUT2D eigenvalue weighted by Crippen LogP contribution is -2.08. The molecule has 0 aliphatic carbocycles. The van der Waals surface area contributed by atoms with Gasteiger partial charge < -0.3 is 14.4 Å². The summed E-state index contributed by atoms with van der Waals surface area (Å²) in [7, 11) is 4.05. The van der Waals surface area contributed by atoms with Gasteiger partial charge in [-0.15, -0.1) is 0 Å². The van der Waals surface area contributed by atoms with Gasteiger partial charge in [-0.25, -0.2) is 0 Å². The molecule has 1 heterocycles. The van der Waals surface area contributed by atoms with E-state index in [2.05, 4.69) is 29.2 Å². The van der Waals surface area contributed by atoms with Crippen molar-refractivity contribution in [3.05, 3.63) is 29.8 Å². The fraction of sp³-hybridized carbons (Fsp3) is 0.500. The van der Waals surface area contributed by atoms with Gasteiger partial charge in [0.15, 0.2) is 6.29 Å². The van der Waals surface area contributed by atoms with Gasteiger partial charge in [0.05, 0.1) is 12.7 Å². The number of rotatable bonds is 2. The summed E-state index contributed by atoms with van der Waals surface area (Å²) in [5.41, 5.74) is 2.27. The van der Waals surface area contributed by atoms with E-state index in [0.717, 1.165) is 5.56 Å². The van der Waals surface area contributed by atoms with Gasteiger partial charge in [-0.1, -0.05) is 12.1 Å². The van der Waals surface area contributed by atoms with Crippen molar-refractivity contribution >= 4 is 5.69 Å². The first-order valence-electron chi connectivity index (χ1n) is 5.21. The molecule has 15 heavy (non-hydrogen) atoms. The topological polar surface area (TPSA) is 21.7 Å². The zero-order chi connectivity index (χ0) is 10.8. The Labute approximate surface area is 90.6 Å². The van der Waals surface area contributed by atoms with Gasteiger partial charge >= 0.3 is 0 Å². The van der Waals surface area contributed by atoms with Gasteiger partial charge in [0, 0.05) is 25.3 Å². The van der Waals surface area contributed by atoms with Gasteiger partial charge in [-0.3, -0.25) is 0 Å². The van der Waals surface area contributed by atoms with Crippen LogP contribution in [0, 0.1) is 0 Å². The van der Waals surface area contributed by atoms with Crippen molar-refractivity contribution in [3.8, 4) is 0 Å². The van der Waals surface area contributed by atoms with Crippen LogP contribution in [0.2, 0.25) is 0 Å². The molecule has 1 aliphatic heterocycles. The minimum atomic E-state index is -0.184. The highest BCUT2D eigenvalue weighted by Crippen LogP contribution is 2.27. The summed E-state index contributed by atoms with van der Waals surface area (Å²) < 4.78 is 11.1. The standard InChI is InChI=1S/C12H17NO2/c1-9-8-14-12(15-9)10-4-6-11(7-5-10)13(2)3/h4-7,9,12H,8H2,1-3H3. The Kier molecular flexibility index (Phi) is 2.93. The second-order valence-electron chi connectivity index (χ2n) is 4.10. The Morgan fingerprint density at radius 3 is 2.33 bits per heavy atom. The van der Waals surface area contributed by atoms with Crippen molar-refractivity contribution in [1.29, 1.82) is 0 Å². The predicted octanol–water partition coefficient (Wildman–Crippen LogP) is 2.19. The molecule has 0 aromatic heterocycles. The van der Waals surface area contributed by atoms with E-state index in [1.807, 2.05) is 21.0 Å². The van der Waals surface area contributed by atoms with E-state index < -0.39 is 0 Å². The van der Waals surface area contributed by atoms with Crippen LogP contribution in [-0.4, -0.2) is 26.8 Å². The van der Waals surface area contributed by atoms with Gasteiger partial charge in [-0.2, -0.15) is 0 Å². The van der Waals surface area contributed by atoms with E-state index in [1.165, 1.54) is 5.69 Å². The number of hydrogen-bond donors (Lipinski definition) is 0. The van der Waals surface area contributed by atoms with Crippen molar-refractivity contribution in [2.75, 3.05) is 25.6 Å². The van der Waals surface area contributed by atoms with E-state index in [9.17, 15) is 0 Å². The van der Waals surface area contributed by atoms with Crippen LogP contribution in [0.4, 0.5) is 5.69 Å². The number of anilines is 1. The van der Waals surface area contributed by atoms with E-state index in [4.69, 9.17) is 9.47 Å². The Hall–Kier alpha value is -1.06. The summed E-state index contributed by atoms with van der Waals surface area (Å²) in [6, 6.07) is 8.26. The predicted molar refractivity (Wildman–Crippen MR) is 60.0 cm³/mol. The molecular weight excluding hydrogens is 190 g/mol. The minimum Gasteiger partial charge on any atom is -0.378 e. The first kappa shape index (κ1) is 10.5. The molecule has 0 N–H and O–H groups in total. The molecule has 0 saturated carbocycles. The molecule has 0 amide bonds. The number of benzene rings is 1. The highest BCUT2D eigenvalue weighted by Gasteiger charge is 2.23. The Morgan fingerprint density at radius 1 is 1.20 bits per heavy atom. The molecule has 1 aromatic carbocycles. The normalized spacial score (nSPS) is 25.5. The average Bonchev–Trinajstić information content (AvgIpc) is 2.65. The van der Waals surface area contributed by atoms with Crippen LogP contribution in [0.15, 0.2) is 24.3 Å². The lowest BCUT2D eigenvalue weighted by Gasteiger charge is -2.14. The van der Waals surface area contributed by atoms with Crippen molar-refractivity contribution in [1.82, 2.24) is 0 Å². The molecule has 2 unspecified atom stereocenters. The highest BCUT2D eigenvalue weighted by atomic mass is 16.7. The summed E-state index contributed by atoms with van der Waals surface area (Å²) in [4.78, 5) is 2.07. The summed E-state index contributed by atoms with van der Waals surface area (Å²) in [6.45, 7) is 2.70. The summed E-state index contributed by atoms with van der Waals surface area (Å²) >= 11 is 0. The smallest absolute Gasteiger partial charge is 0.184 e. The Bertz CT molecular complexity index is 321. The first-order valence-corrected chi connectivity index (χ1v) is 5.21. The van der Waals surface area contributed by atoms with Gasteiger partial charge in [0.2, 0.25) is 0 Å². The van der Waals surface area contributed by atoms with E-state index in [0.29, 0.717) is 6.61 Å². The number of hydrogen-bond acceptors (Lipinski definition) is 3. The van der Waals surface area contributed by atoms with Gasteiger partial charge in [0.25, 0.3) is 0 Å². The van der Waals surface area contributed by atoms with Crippen LogP contribution in [0.3, 0.4) is 0 Å². The van der Waals surface area contributed by atoms with Crippen LogP contribution < -0.4 is 4.90 Å². The number of nitrogens with zero attached hydrogens (tertiary/aromatic N) is 1. The van der Waals surface area contributed by atoms with Crippen molar-refractivity contribution < 1.29 is 9.47 Å². The molecule has 0 bridgehead atoms. The summed E-state index contributed by atoms with van der Waals surface area (Å²) in [5, 5.41) is 0. The molecule has 82 valence electrons. The van der Waals surface area contributed by atoms with Crippen molar-refractivity contribution in [2.24, 2.45) is 0 Å². The van der Waals surface area contributed by atoms with E-state index >= 15 is 0 Å². The third kappa shape index (κ3) is 2.30. The lowest BCUT2D eigenvalue weighted by atomic mass is 10.2. The van der Waals surface area contributed by atoms with Crippen LogP contribution in [0.5, 0.6) is 0 Å². The first-order chi connectivity index (χ1) is 7.16. The average molecular weight is 207 g/mol. The van der Waals surface area contributed by atoms with Crippen molar-refractivity contribution in [3.63, 3.8) is 0 Å². The second kappa shape index (κ2) is 4.21. The van der Waals surface area contributed by atoms with E-state index in [-0.39, 0.29) is 12.4 Å². The zero-order valence-electron chi connectivity index (χ0n) is 9.43. The maximum absolute atomic E-state index is 5.61. The van der Waals surface area contributed by atoms with Crippen LogP contribution in [-0.2, 0) is 9.47 Å². The summed E-state index contributed by atoms with van der Waals surface area (Å²) in [6.07, 6.45) is 0.0136. The maximum atomic E-state index is 5.61. The molecule has 1 aliphatic rings. The third-order valence-electron chi connectivity index (χ3n) is 2.52. The third-order valence-corrected chi connectivity index (χ3v) is 2.52. The molecule has 1 saturated heterocycles. The van der Waals surface area contributed by atoms with Crippen LogP contribution in [0.25, 0.3) is 0 Å². The molecule has 2 rings (SSSR count). The van der Waals surface area contributed by atoms with Crippen LogP contribution in [0.1, 0.15) is 18.8 Å².